The third-order valence-electron chi connectivity index (χ3n) is 4.07. The van der Waals surface area contributed by atoms with Crippen LogP contribution in [0.3, 0.4) is 0 Å². The highest BCUT2D eigenvalue weighted by atomic mass is 19.1. The van der Waals surface area contributed by atoms with E-state index in [1.807, 2.05) is 0 Å². The SMILES string of the molecule is Fc1cc(F)c(NC2CC3CCC2C3)c(F)c1. The summed E-state index contributed by atoms with van der Waals surface area (Å²) in [4.78, 5) is 0. The van der Waals surface area contributed by atoms with Gasteiger partial charge in [0.25, 0.3) is 0 Å². The van der Waals surface area contributed by atoms with E-state index in [0.717, 1.165) is 31.4 Å². The summed E-state index contributed by atoms with van der Waals surface area (Å²) in [6.07, 6.45) is 4.49. The maximum atomic E-state index is 13.5. The minimum absolute atomic E-state index is 0.142. The molecule has 3 atom stereocenters. The molecule has 0 aromatic heterocycles. The van der Waals surface area contributed by atoms with Gasteiger partial charge in [0.15, 0.2) is 11.6 Å². The van der Waals surface area contributed by atoms with Crippen molar-refractivity contribution in [1.82, 2.24) is 0 Å². The Morgan fingerprint density at radius 3 is 2.24 bits per heavy atom. The molecule has 0 saturated heterocycles. The molecule has 0 amide bonds. The molecule has 3 rings (SSSR count). The molecule has 2 fully saturated rings. The Bertz CT molecular complexity index is 423. The minimum atomic E-state index is -0.876. The summed E-state index contributed by atoms with van der Waals surface area (Å²) < 4.78 is 39.7. The van der Waals surface area contributed by atoms with Crippen LogP contribution >= 0.6 is 0 Å². The molecule has 2 aliphatic rings. The van der Waals surface area contributed by atoms with Gasteiger partial charge in [0.05, 0.1) is 0 Å². The van der Waals surface area contributed by atoms with Gasteiger partial charge in [0, 0.05) is 18.2 Å². The highest BCUT2D eigenvalue weighted by Gasteiger charge is 2.39. The number of hydrogen-bond donors (Lipinski definition) is 1. The Kier molecular flexibility index (Phi) is 2.53. The van der Waals surface area contributed by atoms with Crippen molar-refractivity contribution in [2.45, 2.75) is 31.7 Å². The first kappa shape index (κ1) is 10.9. The molecule has 0 aliphatic heterocycles. The standard InChI is InChI=1S/C13H14F3N/c14-9-5-10(15)13(11(16)6-9)17-12-4-7-1-2-8(12)3-7/h5-8,12,17H,1-4H2. The molecule has 4 heteroatoms. The summed E-state index contributed by atoms with van der Waals surface area (Å²) in [5.41, 5.74) is -0.177. The van der Waals surface area contributed by atoms with E-state index < -0.39 is 17.5 Å². The maximum absolute atomic E-state index is 13.5. The van der Waals surface area contributed by atoms with Crippen LogP contribution in [0, 0.1) is 29.3 Å². The molecule has 2 aliphatic carbocycles. The highest BCUT2D eigenvalue weighted by molar-refractivity contribution is 5.47. The fraction of sp³-hybridized carbons (Fsp3) is 0.538. The average molecular weight is 241 g/mol. The van der Waals surface area contributed by atoms with Gasteiger partial charge in [-0.25, -0.2) is 13.2 Å². The minimum Gasteiger partial charge on any atom is -0.377 e. The van der Waals surface area contributed by atoms with E-state index in [1.54, 1.807) is 0 Å². The second kappa shape index (κ2) is 3.93. The van der Waals surface area contributed by atoms with Crippen molar-refractivity contribution >= 4 is 5.69 Å². The van der Waals surface area contributed by atoms with E-state index in [4.69, 9.17) is 0 Å². The van der Waals surface area contributed by atoms with Gasteiger partial charge in [-0.15, -0.1) is 0 Å². The molecule has 92 valence electrons. The fourth-order valence-electron chi connectivity index (χ4n) is 3.29. The average Bonchev–Trinajstić information content (AvgIpc) is 2.84. The zero-order chi connectivity index (χ0) is 12.0. The van der Waals surface area contributed by atoms with Gasteiger partial charge in [-0.1, -0.05) is 6.42 Å². The molecular weight excluding hydrogens is 227 g/mol. The van der Waals surface area contributed by atoms with Crippen molar-refractivity contribution in [2.75, 3.05) is 5.32 Å². The van der Waals surface area contributed by atoms with Crippen molar-refractivity contribution in [1.29, 1.82) is 0 Å². The lowest BCUT2D eigenvalue weighted by molar-refractivity contribution is 0.435. The summed E-state index contributed by atoms with van der Waals surface area (Å²) in [5, 5.41) is 2.92. The third-order valence-corrected chi connectivity index (χ3v) is 4.07. The summed E-state index contributed by atoms with van der Waals surface area (Å²) in [7, 11) is 0. The Hall–Kier alpha value is -1.19. The normalized spacial score (nSPS) is 30.9. The monoisotopic (exact) mass is 241 g/mol. The lowest BCUT2D eigenvalue weighted by atomic mass is 9.95. The lowest BCUT2D eigenvalue weighted by Crippen LogP contribution is -2.27. The summed E-state index contributed by atoms with van der Waals surface area (Å²) in [6, 6.07) is 1.58. The molecule has 17 heavy (non-hydrogen) atoms. The van der Waals surface area contributed by atoms with Gasteiger partial charge in [0.1, 0.15) is 11.5 Å². The largest absolute Gasteiger partial charge is 0.377 e. The van der Waals surface area contributed by atoms with E-state index in [9.17, 15) is 13.2 Å². The van der Waals surface area contributed by atoms with Gasteiger partial charge < -0.3 is 5.32 Å². The van der Waals surface area contributed by atoms with E-state index in [0.29, 0.717) is 11.8 Å². The topological polar surface area (TPSA) is 12.0 Å². The van der Waals surface area contributed by atoms with Crippen LogP contribution in [-0.2, 0) is 0 Å². The number of anilines is 1. The molecular formula is C13H14F3N. The Balaban J connectivity index is 1.81. The first-order valence-corrected chi connectivity index (χ1v) is 6.04. The summed E-state index contributed by atoms with van der Waals surface area (Å²) >= 11 is 0. The number of nitrogens with one attached hydrogen (secondary N) is 1. The van der Waals surface area contributed by atoms with Crippen LogP contribution in [0.25, 0.3) is 0 Å². The van der Waals surface area contributed by atoms with Crippen LogP contribution in [0.5, 0.6) is 0 Å². The quantitative estimate of drug-likeness (QED) is 0.832. The fourth-order valence-corrected chi connectivity index (χ4v) is 3.29. The van der Waals surface area contributed by atoms with Crippen molar-refractivity contribution in [3.05, 3.63) is 29.6 Å². The number of benzene rings is 1. The first-order chi connectivity index (χ1) is 8.13. The van der Waals surface area contributed by atoms with Gasteiger partial charge in [-0.3, -0.25) is 0 Å². The van der Waals surface area contributed by atoms with Gasteiger partial charge in [-0.05, 0) is 31.1 Å². The second-order valence-corrected chi connectivity index (χ2v) is 5.17. The van der Waals surface area contributed by atoms with Gasteiger partial charge in [-0.2, -0.15) is 0 Å². The molecule has 1 N–H and O–H groups in total. The van der Waals surface area contributed by atoms with Crippen molar-refractivity contribution in [3.63, 3.8) is 0 Å². The lowest BCUT2D eigenvalue weighted by Gasteiger charge is -2.24. The van der Waals surface area contributed by atoms with E-state index >= 15 is 0 Å². The molecule has 2 bridgehead atoms. The van der Waals surface area contributed by atoms with E-state index in [-0.39, 0.29) is 11.7 Å². The molecule has 1 aromatic rings. The molecule has 0 radical (unpaired) electrons. The predicted molar refractivity (Wildman–Crippen MR) is 59.2 cm³/mol. The van der Waals surface area contributed by atoms with Crippen LogP contribution in [-0.4, -0.2) is 6.04 Å². The number of rotatable bonds is 2. The van der Waals surface area contributed by atoms with Gasteiger partial charge >= 0.3 is 0 Å². The maximum Gasteiger partial charge on any atom is 0.152 e. The van der Waals surface area contributed by atoms with Crippen LogP contribution in [0.1, 0.15) is 25.7 Å². The summed E-state index contributed by atoms with van der Waals surface area (Å²) in [6.45, 7) is 0. The van der Waals surface area contributed by atoms with Gasteiger partial charge in [0.2, 0.25) is 0 Å². The van der Waals surface area contributed by atoms with Crippen molar-refractivity contribution in [3.8, 4) is 0 Å². The zero-order valence-electron chi connectivity index (χ0n) is 9.35. The second-order valence-electron chi connectivity index (χ2n) is 5.17. The Morgan fingerprint density at radius 1 is 1.00 bits per heavy atom. The van der Waals surface area contributed by atoms with E-state index in [1.165, 1.54) is 6.42 Å². The molecule has 0 spiro atoms. The number of hydrogen-bond acceptors (Lipinski definition) is 1. The molecule has 1 aromatic carbocycles. The number of halogens is 3. The van der Waals surface area contributed by atoms with Crippen LogP contribution in [0.15, 0.2) is 12.1 Å². The third kappa shape index (κ3) is 1.90. The predicted octanol–water partition coefficient (Wildman–Crippen LogP) is 3.70. The van der Waals surface area contributed by atoms with Crippen molar-refractivity contribution in [2.24, 2.45) is 11.8 Å². The molecule has 3 unspecified atom stereocenters. The van der Waals surface area contributed by atoms with E-state index in [2.05, 4.69) is 5.32 Å². The van der Waals surface area contributed by atoms with Crippen LogP contribution < -0.4 is 5.32 Å². The number of fused-ring (bicyclic) bond motifs is 2. The van der Waals surface area contributed by atoms with Crippen molar-refractivity contribution < 1.29 is 13.2 Å². The highest BCUT2D eigenvalue weighted by Crippen LogP contribution is 2.45. The summed E-state index contributed by atoms with van der Waals surface area (Å²) in [5.74, 6) is -1.35. The molecule has 2 saturated carbocycles. The molecule has 0 heterocycles. The van der Waals surface area contributed by atoms with Crippen LogP contribution in [0.4, 0.5) is 18.9 Å². The van der Waals surface area contributed by atoms with Crippen LogP contribution in [0.2, 0.25) is 0 Å². The Labute approximate surface area is 98.0 Å². The smallest absolute Gasteiger partial charge is 0.152 e. The molecule has 1 nitrogen and oxygen atoms in total. The first-order valence-electron chi connectivity index (χ1n) is 6.04. The zero-order valence-corrected chi connectivity index (χ0v) is 9.35. The Morgan fingerprint density at radius 2 is 1.71 bits per heavy atom.